The molecule has 0 radical (unpaired) electrons. The summed E-state index contributed by atoms with van der Waals surface area (Å²) in [4.78, 5) is 12.7. The van der Waals surface area contributed by atoms with Gasteiger partial charge in [-0.1, -0.05) is 12.8 Å². The van der Waals surface area contributed by atoms with Crippen molar-refractivity contribution in [1.29, 1.82) is 0 Å². The number of hydrogen-bond acceptors (Lipinski definition) is 4. The lowest BCUT2D eigenvalue weighted by Gasteiger charge is -2.05. The summed E-state index contributed by atoms with van der Waals surface area (Å²) in [7, 11) is 1.64. The van der Waals surface area contributed by atoms with Crippen LogP contribution in [0.15, 0.2) is 29.2 Å². The van der Waals surface area contributed by atoms with Crippen LogP contribution in [0.5, 0.6) is 5.75 Å². The molecule has 0 saturated carbocycles. The van der Waals surface area contributed by atoms with E-state index in [4.69, 9.17) is 9.84 Å². The Morgan fingerprint density at radius 3 is 2.55 bits per heavy atom. The Balaban J connectivity index is 2.10. The van der Waals surface area contributed by atoms with Gasteiger partial charge in [0.25, 0.3) is 0 Å². The van der Waals surface area contributed by atoms with Crippen molar-refractivity contribution < 1.29 is 14.6 Å². The summed E-state index contributed by atoms with van der Waals surface area (Å²) in [5.74, 6) is 1.32. The summed E-state index contributed by atoms with van der Waals surface area (Å²) in [6.07, 6.45) is 3.89. The highest BCUT2D eigenvalue weighted by molar-refractivity contribution is 8.00. The number of nitrogens with one attached hydrogen (secondary N) is 1. The molecule has 0 heterocycles. The second kappa shape index (κ2) is 10.6. The van der Waals surface area contributed by atoms with Crippen molar-refractivity contribution in [2.45, 2.75) is 30.6 Å². The fourth-order valence-electron chi connectivity index (χ4n) is 1.69. The van der Waals surface area contributed by atoms with Crippen molar-refractivity contribution in [1.82, 2.24) is 5.32 Å². The molecule has 0 unspecified atom stereocenters. The van der Waals surface area contributed by atoms with E-state index < -0.39 is 0 Å². The van der Waals surface area contributed by atoms with Crippen molar-refractivity contribution in [3.8, 4) is 5.75 Å². The van der Waals surface area contributed by atoms with E-state index in [1.807, 2.05) is 24.3 Å². The molecule has 20 heavy (non-hydrogen) atoms. The average molecular weight is 297 g/mol. The van der Waals surface area contributed by atoms with E-state index in [1.165, 1.54) is 11.8 Å². The Labute approximate surface area is 124 Å². The highest BCUT2D eigenvalue weighted by Crippen LogP contribution is 2.20. The Morgan fingerprint density at radius 2 is 1.90 bits per heavy atom. The summed E-state index contributed by atoms with van der Waals surface area (Å²) >= 11 is 1.52. The highest BCUT2D eigenvalue weighted by Gasteiger charge is 2.02. The van der Waals surface area contributed by atoms with Crippen LogP contribution in [-0.2, 0) is 4.79 Å². The molecule has 2 N–H and O–H groups in total. The summed E-state index contributed by atoms with van der Waals surface area (Å²) in [5.41, 5.74) is 0. The van der Waals surface area contributed by atoms with Crippen LogP contribution in [0.3, 0.4) is 0 Å². The topological polar surface area (TPSA) is 58.6 Å². The minimum Gasteiger partial charge on any atom is -0.497 e. The molecule has 0 bridgehead atoms. The maximum atomic E-state index is 11.6. The molecule has 0 saturated heterocycles. The first kappa shape index (κ1) is 16.9. The van der Waals surface area contributed by atoms with Crippen molar-refractivity contribution in [2.75, 3.05) is 26.0 Å². The van der Waals surface area contributed by atoms with Crippen molar-refractivity contribution >= 4 is 17.7 Å². The van der Waals surface area contributed by atoms with E-state index in [1.54, 1.807) is 7.11 Å². The van der Waals surface area contributed by atoms with Gasteiger partial charge in [0.05, 0.1) is 12.9 Å². The number of carbonyl (C=O) groups excluding carboxylic acids is 1. The molecule has 0 aromatic heterocycles. The number of rotatable bonds is 10. The smallest absolute Gasteiger partial charge is 0.230 e. The SMILES string of the molecule is COc1ccc(SCC(=O)NCCCCCCO)cc1. The summed E-state index contributed by atoms with van der Waals surface area (Å²) < 4.78 is 5.08. The number of ether oxygens (including phenoxy) is 1. The maximum Gasteiger partial charge on any atom is 0.230 e. The predicted octanol–water partition coefficient (Wildman–Crippen LogP) is 2.46. The van der Waals surface area contributed by atoms with Gasteiger partial charge in [-0.15, -0.1) is 11.8 Å². The largest absolute Gasteiger partial charge is 0.497 e. The molecular weight excluding hydrogens is 274 g/mol. The molecule has 1 aromatic rings. The molecule has 1 rings (SSSR count). The number of aliphatic hydroxyl groups is 1. The number of unbranched alkanes of at least 4 members (excludes halogenated alkanes) is 3. The third kappa shape index (κ3) is 7.40. The lowest BCUT2D eigenvalue weighted by atomic mass is 10.2. The number of carbonyl (C=O) groups is 1. The molecule has 1 amide bonds. The van der Waals surface area contributed by atoms with Gasteiger partial charge >= 0.3 is 0 Å². The highest BCUT2D eigenvalue weighted by atomic mass is 32.2. The van der Waals surface area contributed by atoms with Crippen LogP contribution in [0.1, 0.15) is 25.7 Å². The number of benzene rings is 1. The first-order chi connectivity index (χ1) is 9.76. The van der Waals surface area contributed by atoms with Gasteiger partial charge in [0.15, 0.2) is 0 Å². The molecule has 1 aromatic carbocycles. The lowest BCUT2D eigenvalue weighted by molar-refractivity contribution is -0.118. The van der Waals surface area contributed by atoms with Crippen molar-refractivity contribution in [3.63, 3.8) is 0 Å². The van der Waals surface area contributed by atoms with E-state index in [0.29, 0.717) is 12.3 Å². The molecular formula is C15H23NO3S. The Hall–Kier alpha value is -1.20. The van der Waals surface area contributed by atoms with E-state index in [9.17, 15) is 4.79 Å². The van der Waals surface area contributed by atoms with Gasteiger partial charge in [-0.05, 0) is 37.1 Å². The second-order valence-corrected chi connectivity index (χ2v) is 5.50. The van der Waals surface area contributed by atoms with Crippen LogP contribution in [0.2, 0.25) is 0 Å². The zero-order valence-electron chi connectivity index (χ0n) is 11.9. The summed E-state index contributed by atoms with van der Waals surface area (Å²) in [6, 6.07) is 7.68. The third-order valence-electron chi connectivity index (χ3n) is 2.84. The molecule has 0 aliphatic rings. The number of hydrogen-bond donors (Lipinski definition) is 2. The average Bonchev–Trinajstić information content (AvgIpc) is 2.49. The van der Waals surface area contributed by atoms with E-state index >= 15 is 0 Å². The minimum atomic E-state index is 0.0629. The van der Waals surface area contributed by atoms with Crippen LogP contribution in [0, 0.1) is 0 Å². The molecule has 112 valence electrons. The van der Waals surface area contributed by atoms with Crippen LogP contribution < -0.4 is 10.1 Å². The summed E-state index contributed by atoms with van der Waals surface area (Å²) in [6.45, 7) is 0.971. The Kier molecular flexibility index (Phi) is 8.91. The van der Waals surface area contributed by atoms with E-state index in [0.717, 1.165) is 36.3 Å². The van der Waals surface area contributed by atoms with Crippen LogP contribution in [0.25, 0.3) is 0 Å². The molecule has 0 spiro atoms. The molecule has 0 aliphatic carbocycles. The van der Waals surface area contributed by atoms with Gasteiger partial charge in [-0.2, -0.15) is 0 Å². The first-order valence-corrected chi connectivity index (χ1v) is 7.89. The Morgan fingerprint density at radius 1 is 1.20 bits per heavy atom. The van der Waals surface area contributed by atoms with Crippen molar-refractivity contribution in [3.05, 3.63) is 24.3 Å². The fourth-order valence-corrected chi connectivity index (χ4v) is 2.42. The normalized spacial score (nSPS) is 10.3. The minimum absolute atomic E-state index is 0.0629. The van der Waals surface area contributed by atoms with Gasteiger partial charge in [0.2, 0.25) is 5.91 Å². The van der Waals surface area contributed by atoms with Gasteiger partial charge < -0.3 is 15.2 Å². The monoisotopic (exact) mass is 297 g/mol. The van der Waals surface area contributed by atoms with Gasteiger partial charge in [0, 0.05) is 18.0 Å². The first-order valence-electron chi connectivity index (χ1n) is 6.90. The molecule has 0 aliphatic heterocycles. The zero-order valence-corrected chi connectivity index (χ0v) is 12.7. The lowest BCUT2D eigenvalue weighted by Crippen LogP contribution is -2.26. The molecule has 5 heteroatoms. The number of methoxy groups -OCH3 is 1. The standard InChI is InChI=1S/C15H23NO3S/c1-19-13-6-8-14(9-7-13)20-12-15(18)16-10-4-2-3-5-11-17/h6-9,17H,2-5,10-12H2,1H3,(H,16,18). The number of amides is 1. The van der Waals surface area contributed by atoms with E-state index in [-0.39, 0.29) is 12.5 Å². The molecule has 4 nitrogen and oxygen atoms in total. The molecule has 0 atom stereocenters. The Bertz CT molecular complexity index is 381. The zero-order chi connectivity index (χ0) is 14.6. The summed E-state index contributed by atoms with van der Waals surface area (Å²) in [5, 5.41) is 11.5. The number of thioether (sulfide) groups is 1. The second-order valence-electron chi connectivity index (χ2n) is 4.45. The maximum absolute atomic E-state index is 11.6. The quantitative estimate of drug-likeness (QED) is 0.514. The van der Waals surface area contributed by atoms with Gasteiger partial charge in [-0.3, -0.25) is 4.79 Å². The van der Waals surface area contributed by atoms with Gasteiger partial charge in [-0.25, -0.2) is 0 Å². The van der Waals surface area contributed by atoms with Crippen LogP contribution in [-0.4, -0.2) is 37.0 Å². The van der Waals surface area contributed by atoms with Crippen LogP contribution in [0.4, 0.5) is 0 Å². The third-order valence-corrected chi connectivity index (χ3v) is 3.85. The molecule has 0 fully saturated rings. The van der Waals surface area contributed by atoms with E-state index in [2.05, 4.69) is 5.32 Å². The van der Waals surface area contributed by atoms with Gasteiger partial charge in [0.1, 0.15) is 5.75 Å². The fraction of sp³-hybridized carbons (Fsp3) is 0.533. The van der Waals surface area contributed by atoms with Crippen LogP contribution >= 0.6 is 11.8 Å². The number of aliphatic hydroxyl groups excluding tert-OH is 1. The predicted molar refractivity (Wildman–Crippen MR) is 82.3 cm³/mol. The van der Waals surface area contributed by atoms with Crippen molar-refractivity contribution in [2.24, 2.45) is 0 Å².